The zero-order chi connectivity index (χ0) is 30.7. The number of rotatable bonds is 7. The van der Waals surface area contributed by atoms with Crippen LogP contribution in [0.1, 0.15) is 64.2 Å². The molecule has 0 aromatic heterocycles. The smallest absolute Gasteiger partial charge is 0.00122 e. The van der Waals surface area contributed by atoms with Crippen molar-refractivity contribution in [3.63, 3.8) is 0 Å². The Balaban J connectivity index is 1.46. The summed E-state index contributed by atoms with van der Waals surface area (Å²) in [5.41, 5.74) is 4.48. The SMILES string of the molecule is c1ccc(P(c2ccc3ccccc3c2-c2c(P(c3ccccc3)C3CCCCC3)ccc3ccccc23)C2CCCCC2)cc1. The maximum absolute atomic E-state index is 2.56. The number of benzene rings is 6. The van der Waals surface area contributed by atoms with Gasteiger partial charge in [-0.05, 0) is 107 Å². The highest BCUT2D eigenvalue weighted by atomic mass is 31.1. The van der Waals surface area contributed by atoms with Gasteiger partial charge in [-0.25, -0.2) is 0 Å². The lowest BCUT2D eigenvalue weighted by atomic mass is 9.93. The summed E-state index contributed by atoms with van der Waals surface area (Å²) < 4.78 is 0. The van der Waals surface area contributed by atoms with Crippen LogP contribution in [0.25, 0.3) is 32.7 Å². The van der Waals surface area contributed by atoms with Crippen LogP contribution in [0.3, 0.4) is 0 Å². The van der Waals surface area contributed by atoms with Crippen LogP contribution in [0, 0.1) is 0 Å². The van der Waals surface area contributed by atoms with Crippen molar-refractivity contribution in [3.05, 3.63) is 133 Å². The Bertz CT molecular complexity index is 1770. The first kappa shape index (κ1) is 30.1. The Hall–Kier alpha value is -3.30. The third kappa shape index (κ3) is 5.85. The van der Waals surface area contributed by atoms with Crippen LogP contribution in [-0.2, 0) is 0 Å². The highest BCUT2D eigenvalue weighted by Crippen LogP contribution is 2.53. The van der Waals surface area contributed by atoms with E-state index < -0.39 is 15.8 Å². The third-order valence-corrected chi connectivity index (χ3v) is 16.5. The zero-order valence-corrected chi connectivity index (χ0v) is 28.6. The second-order valence-corrected chi connectivity index (χ2v) is 18.3. The van der Waals surface area contributed by atoms with Crippen molar-refractivity contribution in [1.82, 2.24) is 0 Å². The zero-order valence-electron chi connectivity index (χ0n) is 26.8. The molecule has 6 aromatic carbocycles. The lowest BCUT2D eigenvalue weighted by Crippen LogP contribution is -2.28. The largest absolute Gasteiger partial charge is 0.0622 e. The molecule has 0 bridgehead atoms. The first-order chi connectivity index (χ1) is 22.9. The second kappa shape index (κ2) is 13.8. The number of fused-ring (bicyclic) bond motifs is 2. The van der Waals surface area contributed by atoms with E-state index in [1.807, 2.05) is 0 Å². The van der Waals surface area contributed by atoms with Gasteiger partial charge in [0.15, 0.2) is 0 Å². The molecule has 2 atom stereocenters. The molecule has 0 saturated heterocycles. The predicted molar refractivity (Wildman–Crippen MR) is 206 cm³/mol. The summed E-state index contributed by atoms with van der Waals surface area (Å²) in [7, 11) is -1.07. The van der Waals surface area contributed by atoms with Crippen LogP contribution < -0.4 is 21.2 Å². The van der Waals surface area contributed by atoms with Gasteiger partial charge in [0.1, 0.15) is 0 Å². The third-order valence-electron chi connectivity index (χ3n) is 10.5. The van der Waals surface area contributed by atoms with Crippen molar-refractivity contribution in [2.45, 2.75) is 75.5 Å². The van der Waals surface area contributed by atoms with Gasteiger partial charge in [-0.2, -0.15) is 0 Å². The average Bonchev–Trinajstić information content (AvgIpc) is 3.14. The van der Waals surface area contributed by atoms with E-state index in [-0.39, 0.29) is 0 Å². The van der Waals surface area contributed by atoms with Crippen molar-refractivity contribution >= 4 is 58.6 Å². The summed E-state index contributed by atoms with van der Waals surface area (Å²) in [6.45, 7) is 0. The summed E-state index contributed by atoms with van der Waals surface area (Å²) in [5, 5.41) is 11.8. The molecule has 46 heavy (non-hydrogen) atoms. The molecule has 0 N–H and O–H groups in total. The summed E-state index contributed by atoms with van der Waals surface area (Å²) in [6.07, 6.45) is 13.6. The highest BCUT2D eigenvalue weighted by Gasteiger charge is 2.33. The Morgan fingerprint density at radius 1 is 0.348 bits per heavy atom. The Labute approximate surface area is 277 Å². The lowest BCUT2D eigenvalue weighted by molar-refractivity contribution is 0.513. The maximum Gasteiger partial charge on any atom is -0.00122 e. The van der Waals surface area contributed by atoms with Gasteiger partial charge in [-0.3, -0.25) is 0 Å². The normalized spacial score (nSPS) is 17.7. The van der Waals surface area contributed by atoms with E-state index in [1.165, 1.54) is 96.9 Å². The number of hydrogen-bond acceptors (Lipinski definition) is 0. The molecule has 2 heteroatoms. The van der Waals surface area contributed by atoms with E-state index in [9.17, 15) is 0 Å². The van der Waals surface area contributed by atoms with Crippen LogP contribution in [0.4, 0.5) is 0 Å². The van der Waals surface area contributed by atoms with E-state index in [0.29, 0.717) is 0 Å². The fourth-order valence-electron chi connectivity index (χ4n) is 8.40. The van der Waals surface area contributed by atoms with Crippen molar-refractivity contribution in [2.24, 2.45) is 0 Å². The molecule has 8 rings (SSSR count). The standard InChI is InChI=1S/C44H44P2/c1-5-19-35(20-6-1)45(36-21-7-2-8-22-36)41-31-29-33-17-13-15-27-39(33)43(41)44-40-28-16-14-18-34(40)30-32-42(44)46(37-23-9-3-10-24-37)38-25-11-4-12-26-38/h1,3,5-6,9-10,13-20,23-24,27-32,36,38H,2,4,7-8,11-12,21-22,25-26H2. The molecule has 2 aliphatic carbocycles. The molecule has 0 heterocycles. The molecule has 230 valence electrons. The predicted octanol–water partition coefficient (Wildman–Crippen LogP) is 11.2. The van der Waals surface area contributed by atoms with Gasteiger partial charge < -0.3 is 0 Å². The fraction of sp³-hybridized carbons (Fsp3) is 0.273. The summed E-state index contributed by atoms with van der Waals surface area (Å²) >= 11 is 0. The van der Waals surface area contributed by atoms with Crippen molar-refractivity contribution in [2.75, 3.05) is 0 Å². The highest BCUT2D eigenvalue weighted by molar-refractivity contribution is 7.74. The molecule has 0 amide bonds. The molecule has 0 spiro atoms. The van der Waals surface area contributed by atoms with Gasteiger partial charge in [0, 0.05) is 0 Å². The average molecular weight is 635 g/mol. The lowest BCUT2D eigenvalue weighted by Gasteiger charge is -2.36. The van der Waals surface area contributed by atoms with E-state index in [0.717, 1.165) is 11.3 Å². The Kier molecular flexibility index (Phi) is 9.03. The van der Waals surface area contributed by atoms with Gasteiger partial charge in [0.25, 0.3) is 0 Å². The minimum Gasteiger partial charge on any atom is -0.0622 e. The quantitative estimate of drug-likeness (QED) is 0.153. The van der Waals surface area contributed by atoms with Gasteiger partial charge in [0.05, 0.1) is 0 Å². The summed E-state index contributed by atoms with van der Waals surface area (Å²) in [6, 6.07) is 51.7. The van der Waals surface area contributed by atoms with Crippen LogP contribution in [-0.4, -0.2) is 11.3 Å². The van der Waals surface area contributed by atoms with E-state index >= 15 is 0 Å². The van der Waals surface area contributed by atoms with Gasteiger partial charge in [0.2, 0.25) is 0 Å². The van der Waals surface area contributed by atoms with Gasteiger partial charge in [-0.1, -0.05) is 172 Å². The molecule has 2 aliphatic rings. The van der Waals surface area contributed by atoms with Crippen LogP contribution in [0.2, 0.25) is 0 Å². The molecule has 2 saturated carbocycles. The first-order valence-corrected chi connectivity index (χ1v) is 20.4. The molecule has 0 aliphatic heterocycles. The molecule has 6 aromatic rings. The van der Waals surface area contributed by atoms with Gasteiger partial charge in [-0.15, -0.1) is 0 Å². The monoisotopic (exact) mass is 634 g/mol. The minimum atomic E-state index is -0.535. The van der Waals surface area contributed by atoms with Crippen molar-refractivity contribution < 1.29 is 0 Å². The van der Waals surface area contributed by atoms with Crippen molar-refractivity contribution in [1.29, 1.82) is 0 Å². The summed E-state index contributed by atoms with van der Waals surface area (Å²) in [5.74, 6) is 0. The molecular formula is C44H44P2. The summed E-state index contributed by atoms with van der Waals surface area (Å²) in [4.78, 5) is 0. The van der Waals surface area contributed by atoms with E-state index in [1.54, 1.807) is 21.2 Å². The molecule has 2 fully saturated rings. The molecule has 2 unspecified atom stereocenters. The molecular weight excluding hydrogens is 590 g/mol. The molecule has 0 radical (unpaired) electrons. The van der Waals surface area contributed by atoms with Crippen LogP contribution >= 0.6 is 15.8 Å². The van der Waals surface area contributed by atoms with E-state index in [2.05, 4.69) is 133 Å². The van der Waals surface area contributed by atoms with Crippen LogP contribution in [0.5, 0.6) is 0 Å². The fourth-order valence-corrected chi connectivity index (χ4v) is 14.7. The Morgan fingerprint density at radius 2 is 0.717 bits per heavy atom. The number of hydrogen-bond donors (Lipinski definition) is 0. The topological polar surface area (TPSA) is 0 Å². The van der Waals surface area contributed by atoms with Crippen molar-refractivity contribution in [3.8, 4) is 11.1 Å². The second-order valence-electron chi connectivity index (χ2n) is 13.4. The van der Waals surface area contributed by atoms with E-state index in [4.69, 9.17) is 0 Å². The minimum absolute atomic E-state index is 0.535. The first-order valence-electron chi connectivity index (χ1n) is 17.6. The maximum atomic E-state index is 2.56. The van der Waals surface area contributed by atoms with Crippen LogP contribution in [0.15, 0.2) is 133 Å². The van der Waals surface area contributed by atoms with Gasteiger partial charge >= 0.3 is 0 Å². The molecule has 0 nitrogen and oxygen atoms in total. The Morgan fingerprint density at radius 3 is 1.13 bits per heavy atom.